The van der Waals surface area contributed by atoms with Crippen molar-refractivity contribution < 1.29 is 19.8 Å². The van der Waals surface area contributed by atoms with Gasteiger partial charge in [0.2, 0.25) is 0 Å². The Morgan fingerprint density at radius 1 is 0.821 bits per heavy atom. The monoisotopic (exact) mass is 394 g/mol. The molecule has 2 N–H and O–H groups in total. The molecule has 0 amide bonds. The van der Waals surface area contributed by atoms with Crippen molar-refractivity contribution in [2.24, 2.45) is 11.3 Å². The number of unbranched alkanes of at least 4 members (excludes halogenated alkanes) is 12. The van der Waals surface area contributed by atoms with Gasteiger partial charge in [-0.2, -0.15) is 0 Å². The third-order valence-electron chi connectivity index (χ3n) is 6.33. The van der Waals surface area contributed by atoms with Crippen molar-refractivity contribution in [2.75, 3.05) is 0 Å². The molecule has 1 saturated carbocycles. The third-order valence-corrected chi connectivity index (χ3v) is 6.33. The molecule has 162 valence electrons. The van der Waals surface area contributed by atoms with E-state index in [9.17, 15) is 19.8 Å². The first kappa shape index (κ1) is 24.7. The van der Waals surface area contributed by atoms with E-state index in [1.807, 2.05) is 12.2 Å². The predicted molar refractivity (Wildman–Crippen MR) is 114 cm³/mol. The zero-order valence-corrected chi connectivity index (χ0v) is 18.0. The first-order valence-corrected chi connectivity index (χ1v) is 11.7. The average Bonchev–Trinajstić information content (AvgIpc) is 2.68. The maximum atomic E-state index is 11.7. The smallest absolute Gasteiger partial charge is 0.321 e. The number of carbonyl (C=O) groups is 2. The van der Waals surface area contributed by atoms with Gasteiger partial charge >= 0.3 is 11.9 Å². The fourth-order valence-corrected chi connectivity index (χ4v) is 4.45. The Hall–Kier alpha value is -1.32. The molecule has 0 heterocycles. The summed E-state index contributed by atoms with van der Waals surface area (Å²) in [6, 6.07) is 0. The first-order chi connectivity index (χ1) is 13.6. The number of hydrogen-bond donors (Lipinski definition) is 2. The van der Waals surface area contributed by atoms with E-state index in [1.54, 1.807) is 0 Å². The summed E-state index contributed by atoms with van der Waals surface area (Å²) in [5, 5.41) is 19.1. The second-order valence-corrected chi connectivity index (χ2v) is 8.54. The highest BCUT2D eigenvalue weighted by molar-refractivity contribution is 5.99. The van der Waals surface area contributed by atoms with Gasteiger partial charge in [0, 0.05) is 5.92 Å². The van der Waals surface area contributed by atoms with Crippen molar-refractivity contribution in [2.45, 2.75) is 116 Å². The lowest BCUT2D eigenvalue weighted by Gasteiger charge is -2.35. The number of carboxylic acid groups (broad SMARTS) is 2. The van der Waals surface area contributed by atoms with Gasteiger partial charge in [-0.15, -0.1) is 0 Å². The Morgan fingerprint density at radius 3 is 1.82 bits per heavy atom. The van der Waals surface area contributed by atoms with Crippen LogP contribution in [-0.2, 0) is 9.59 Å². The molecule has 1 aliphatic rings. The van der Waals surface area contributed by atoms with Gasteiger partial charge in [0.25, 0.3) is 0 Å². The van der Waals surface area contributed by atoms with E-state index in [0.717, 1.165) is 19.3 Å². The van der Waals surface area contributed by atoms with Gasteiger partial charge in [-0.25, -0.2) is 0 Å². The largest absolute Gasteiger partial charge is 0.480 e. The Balaban J connectivity index is 2.12. The van der Waals surface area contributed by atoms with E-state index in [1.165, 1.54) is 70.6 Å². The van der Waals surface area contributed by atoms with E-state index >= 15 is 0 Å². The molecule has 0 spiro atoms. The average molecular weight is 395 g/mol. The summed E-state index contributed by atoms with van der Waals surface area (Å²) < 4.78 is 0. The quantitative estimate of drug-likeness (QED) is 0.168. The molecule has 1 rings (SSSR count). The van der Waals surface area contributed by atoms with Crippen LogP contribution in [0.3, 0.4) is 0 Å². The zero-order valence-electron chi connectivity index (χ0n) is 18.0. The summed E-state index contributed by atoms with van der Waals surface area (Å²) in [6.45, 7) is 2.26. The third kappa shape index (κ3) is 8.36. The van der Waals surface area contributed by atoms with Crippen molar-refractivity contribution >= 4 is 11.9 Å². The van der Waals surface area contributed by atoms with Crippen LogP contribution >= 0.6 is 0 Å². The van der Waals surface area contributed by atoms with E-state index in [-0.39, 0.29) is 12.3 Å². The highest BCUT2D eigenvalue weighted by Crippen LogP contribution is 2.43. The molecule has 0 saturated heterocycles. The van der Waals surface area contributed by atoms with Gasteiger partial charge in [0.15, 0.2) is 5.41 Å². The molecule has 0 bridgehead atoms. The lowest BCUT2D eigenvalue weighted by molar-refractivity contribution is -0.170. The number of allylic oxidation sites excluding steroid dienone is 2. The van der Waals surface area contributed by atoms with Crippen LogP contribution in [-0.4, -0.2) is 22.2 Å². The van der Waals surface area contributed by atoms with Gasteiger partial charge < -0.3 is 10.2 Å². The molecule has 4 nitrogen and oxygen atoms in total. The summed E-state index contributed by atoms with van der Waals surface area (Å²) >= 11 is 0. The summed E-state index contributed by atoms with van der Waals surface area (Å²) in [5.74, 6) is -2.74. The Labute approximate surface area is 171 Å². The summed E-state index contributed by atoms with van der Waals surface area (Å²) in [5.41, 5.74) is -1.62. The van der Waals surface area contributed by atoms with Crippen LogP contribution in [0, 0.1) is 11.3 Å². The molecule has 1 aliphatic carbocycles. The van der Waals surface area contributed by atoms with E-state index in [2.05, 4.69) is 6.92 Å². The molecule has 1 fully saturated rings. The predicted octanol–water partition coefficient (Wildman–Crippen LogP) is 6.98. The van der Waals surface area contributed by atoms with E-state index < -0.39 is 17.4 Å². The van der Waals surface area contributed by atoms with Crippen molar-refractivity contribution in [3.8, 4) is 0 Å². The Morgan fingerprint density at radius 2 is 1.32 bits per heavy atom. The molecule has 1 atom stereocenters. The molecule has 1 unspecified atom stereocenters. The summed E-state index contributed by atoms with van der Waals surface area (Å²) in [6.07, 6.45) is 23.1. The zero-order chi connectivity index (χ0) is 20.7. The van der Waals surface area contributed by atoms with Gasteiger partial charge in [-0.05, 0) is 25.7 Å². The molecule has 0 radical (unpaired) electrons. The maximum Gasteiger partial charge on any atom is 0.321 e. The lowest BCUT2D eigenvalue weighted by Crippen LogP contribution is -2.47. The van der Waals surface area contributed by atoms with Crippen LogP contribution in [0.4, 0.5) is 0 Å². The second-order valence-electron chi connectivity index (χ2n) is 8.54. The Bertz CT molecular complexity index is 455. The van der Waals surface area contributed by atoms with Crippen LogP contribution < -0.4 is 0 Å². The minimum absolute atomic E-state index is 0.241. The first-order valence-electron chi connectivity index (χ1n) is 11.7. The van der Waals surface area contributed by atoms with Crippen molar-refractivity contribution in [3.63, 3.8) is 0 Å². The van der Waals surface area contributed by atoms with Crippen LogP contribution in [0.25, 0.3) is 0 Å². The van der Waals surface area contributed by atoms with E-state index in [4.69, 9.17) is 0 Å². The minimum atomic E-state index is -1.62. The molecule has 0 aliphatic heterocycles. The number of aliphatic carboxylic acids is 2. The standard InChI is InChI=1S/C24H42O4/c1-2-3-4-5-6-7-8-9-10-11-12-13-14-15-18-21-19-16-17-20-24(21,22(25)26)23(27)28/h15,18,21H,2-14,16-17,19-20H2,1H3,(H,25,26)(H,27,28). The molecule has 0 aromatic rings. The topological polar surface area (TPSA) is 74.6 Å². The molecule has 0 aromatic heterocycles. The maximum absolute atomic E-state index is 11.7. The van der Waals surface area contributed by atoms with Crippen molar-refractivity contribution in [3.05, 3.63) is 12.2 Å². The van der Waals surface area contributed by atoms with Crippen molar-refractivity contribution in [1.29, 1.82) is 0 Å². The van der Waals surface area contributed by atoms with Crippen molar-refractivity contribution in [1.82, 2.24) is 0 Å². The van der Waals surface area contributed by atoms with Crippen LogP contribution in [0.2, 0.25) is 0 Å². The minimum Gasteiger partial charge on any atom is -0.480 e. The highest BCUT2D eigenvalue weighted by atomic mass is 16.4. The fourth-order valence-electron chi connectivity index (χ4n) is 4.45. The SMILES string of the molecule is CCCCCCCCCCCCCCC=CC1CCCCC1(C(=O)O)C(=O)O. The van der Waals surface area contributed by atoms with Crippen LogP contribution in [0.1, 0.15) is 116 Å². The normalized spacial score (nSPS) is 19.1. The lowest BCUT2D eigenvalue weighted by atomic mass is 9.66. The number of hydrogen-bond acceptors (Lipinski definition) is 2. The van der Waals surface area contributed by atoms with Gasteiger partial charge in [-0.1, -0.05) is 103 Å². The second kappa shape index (κ2) is 14.6. The molecular weight excluding hydrogens is 352 g/mol. The summed E-state index contributed by atoms with van der Waals surface area (Å²) in [4.78, 5) is 23.3. The number of rotatable bonds is 16. The van der Waals surface area contributed by atoms with Crippen LogP contribution in [0.5, 0.6) is 0 Å². The van der Waals surface area contributed by atoms with E-state index in [0.29, 0.717) is 12.8 Å². The molecular formula is C24H42O4. The fraction of sp³-hybridized carbons (Fsp3) is 0.833. The number of carboxylic acids is 2. The molecule has 0 aromatic carbocycles. The summed E-state index contributed by atoms with van der Waals surface area (Å²) in [7, 11) is 0. The van der Waals surface area contributed by atoms with Crippen LogP contribution in [0.15, 0.2) is 12.2 Å². The van der Waals surface area contributed by atoms with Gasteiger partial charge in [-0.3, -0.25) is 9.59 Å². The Kier molecular flexibility index (Phi) is 12.9. The molecule has 28 heavy (non-hydrogen) atoms. The van der Waals surface area contributed by atoms with Gasteiger partial charge in [0.05, 0.1) is 0 Å². The van der Waals surface area contributed by atoms with Gasteiger partial charge in [0.1, 0.15) is 0 Å². The highest BCUT2D eigenvalue weighted by Gasteiger charge is 2.52. The molecule has 4 heteroatoms.